The molecule has 3 aromatic rings. The molecule has 0 aliphatic carbocycles. The van der Waals surface area contributed by atoms with Crippen LogP contribution in [0, 0.1) is 17.5 Å². The van der Waals surface area contributed by atoms with Crippen molar-refractivity contribution >= 4 is 23.0 Å². The Labute approximate surface area is 221 Å². The van der Waals surface area contributed by atoms with Crippen LogP contribution in [0.1, 0.15) is 27.7 Å². The van der Waals surface area contributed by atoms with Gasteiger partial charge < -0.3 is 24.8 Å². The first-order valence-corrected chi connectivity index (χ1v) is 12.8. The van der Waals surface area contributed by atoms with Gasteiger partial charge in [0, 0.05) is 43.5 Å². The minimum Gasteiger partial charge on any atom is -0.481 e. The van der Waals surface area contributed by atoms with Gasteiger partial charge in [-0.3, -0.25) is 0 Å². The fourth-order valence-electron chi connectivity index (χ4n) is 4.94. The molecule has 0 atom stereocenters. The summed E-state index contributed by atoms with van der Waals surface area (Å²) in [5.41, 5.74) is 1.13. The van der Waals surface area contributed by atoms with E-state index in [9.17, 15) is 8.78 Å². The van der Waals surface area contributed by atoms with E-state index >= 15 is 4.39 Å². The van der Waals surface area contributed by atoms with E-state index in [0.29, 0.717) is 23.6 Å². The Hall–Kier alpha value is -3.53. The minimum absolute atomic E-state index is 0.0627. The topological polar surface area (TPSA) is 56.8 Å². The van der Waals surface area contributed by atoms with Gasteiger partial charge in [0.15, 0.2) is 17.4 Å². The largest absolute Gasteiger partial charge is 0.481 e. The first kappa shape index (κ1) is 26.1. The Balaban J connectivity index is 1.43. The van der Waals surface area contributed by atoms with E-state index < -0.39 is 17.2 Å². The molecular weight excluding hydrogens is 493 g/mol. The molecule has 7 nitrogen and oxygen atoms in total. The van der Waals surface area contributed by atoms with Crippen molar-refractivity contribution in [2.24, 2.45) is 0 Å². The number of ether oxygens (including phenoxy) is 1. The van der Waals surface area contributed by atoms with Crippen LogP contribution in [0.5, 0.6) is 5.75 Å². The number of hydrogen-bond acceptors (Lipinski definition) is 7. The fourth-order valence-corrected chi connectivity index (χ4v) is 4.94. The molecule has 38 heavy (non-hydrogen) atoms. The van der Waals surface area contributed by atoms with Gasteiger partial charge in [-0.15, -0.1) is 0 Å². The number of fused-ring (bicyclic) bond motifs is 1. The van der Waals surface area contributed by atoms with E-state index in [1.165, 1.54) is 12.1 Å². The lowest BCUT2D eigenvalue weighted by Gasteiger charge is -2.43. The SMILES string of the molecule is CC(C)N1CC(C)(C)Oc2c(F)cc(-c3nc(Nc4ccc(N5CCN(C)CC5)c(F)c4)ncc3F)cc21. The molecule has 5 rings (SSSR count). The predicted octanol–water partition coefficient (Wildman–Crippen LogP) is 5.44. The molecule has 2 aromatic carbocycles. The van der Waals surface area contributed by atoms with Gasteiger partial charge in [-0.25, -0.2) is 23.1 Å². The van der Waals surface area contributed by atoms with Crippen molar-refractivity contribution < 1.29 is 17.9 Å². The number of rotatable bonds is 5. The second-order valence-corrected chi connectivity index (χ2v) is 10.9. The summed E-state index contributed by atoms with van der Waals surface area (Å²) in [5, 5.41) is 2.95. The number of nitrogens with one attached hydrogen (secondary N) is 1. The number of halogens is 3. The predicted molar refractivity (Wildman–Crippen MR) is 144 cm³/mol. The van der Waals surface area contributed by atoms with Crippen molar-refractivity contribution in [2.75, 3.05) is 54.9 Å². The Morgan fingerprint density at radius 3 is 2.37 bits per heavy atom. The zero-order chi connectivity index (χ0) is 27.2. The second kappa shape index (κ2) is 9.98. The molecule has 202 valence electrons. The van der Waals surface area contributed by atoms with Gasteiger partial charge in [0.2, 0.25) is 5.95 Å². The van der Waals surface area contributed by atoms with Crippen LogP contribution in [0.3, 0.4) is 0 Å². The number of benzene rings is 2. The smallest absolute Gasteiger partial charge is 0.227 e. The van der Waals surface area contributed by atoms with Crippen molar-refractivity contribution in [3.63, 3.8) is 0 Å². The van der Waals surface area contributed by atoms with Gasteiger partial charge in [-0.05, 0) is 65.1 Å². The van der Waals surface area contributed by atoms with E-state index in [4.69, 9.17) is 4.74 Å². The molecule has 0 spiro atoms. The molecule has 2 aliphatic heterocycles. The lowest BCUT2D eigenvalue weighted by Crippen LogP contribution is -2.49. The van der Waals surface area contributed by atoms with Crippen LogP contribution in [-0.4, -0.2) is 66.3 Å². The number of aromatic nitrogens is 2. The number of nitrogens with zero attached hydrogens (tertiary/aromatic N) is 5. The van der Waals surface area contributed by atoms with E-state index in [1.807, 2.05) is 44.5 Å². The summed E-state index contributed by atoms with van der Waals surface area (Å²) < 4.78 is 51.0. The van der Waals surface area contributed by atoms with Crippen molar-refractivity contribution in [1.82, 2.24) is 14.9 Å². The molecule has 0 radical (unpaired) electrons. The highest BCUT2D eigenvalue weighted by Crippen LogP contribution is 2.43. The summed E-state index contributed by atoms with van der Waals surface area (Å²) in [7, 11) is 2.05. The minimum atomic E-state index is -0.695. The van der Waals surface area contributed by atoms with E-state index in [0.717, 1.165) is 32.4 Å². The summed E-state index contributed by atoms with van der Waals surface area (Å²) in [6, 6.07) is 7.81. The maximum atomic E-state index is 15.3. The Bertz CT molecular complexity index is 1340. The molecule has 1 aromatic heterocycles. The molecule has 3 heterocycles. The lowest BCUT2D eigenvalue weighted by molar-refractivity contribution is 0.0967. The van der Waals surface area contributed by atoms with Gasteiger partial charge >= 0.3 is 0 Å². The normalized spacial score (nSPS) is 17.4. The summed E-state index contributed by atoms with van der Waals surface area (Å²) in [4.78, 5) is 14.6. The summed E-state index contributed by atoms with van der Waals surface area (Å²) in [6.45, 7) is 11.6. The molecule has 1 saturated heterocycles. The summed E-state index contributed by atoms with van der Waals surface area (Å²) in [5.74, 6) is -1.44. The van der Waals surface area contributed by atoms with Crippen LogP contribution in [0.2, 0.25) is 0 Å². The summed E-state index contributed by atoms with van der Waals surface area (Å²) >= 11 is 0. The highest BCUT2D eigenvalue weighted by atomic mass is 19.1. The quantitative estimate of drug-likeness (QED) is 0.475. The standard InChI is InChI=1S/C28H33F3N6O/c1-17(2)37-16-28(3,4)38-26-21(30)12-18(13-24(26)37)25-22(31)15-32-27(34-25)33-19-6-7-23(20(29)14-19)36-10-8-35(5)9-11-36/h6-7,12-15,17H,8-11,16H2,1-5H3,(H,32,33,34). The molecule has 0 unspecified atom stereocenters. The van der Waals surface area contributed by atoms with Gasteiger partial charge in [0.1, 0.15) is 17.1 Å². The van der Waals surface area contributed by atoms with Gasteiger partial charge in [0.25, 0.3) is 0 Å². The van der Waals surface area contributed by atoms with Crippen LogP contribution in [-0.2, 0) is 0 Å². The number of likely N-dealkylation sites (N-methyl/N-ethyl adjacent to an activating group) is 1. The van der Waals surface area contributed by atoms with Crippen LogP contribution >= 0.6 is 0 Å². The second-order valence-electron chi connectivity index (χ2n) is 10.9. The van der Waals surface area contributed by atoms with E-state index in [1.54, 1.807) is 18.2 Å². The highest BCUT2D eigenvalue weighted by Gasteiger charge is 2.35. The fraction of sp³-hybridized carbons (Fsp3) is 0.429. The summed E-state index contributed by atoms with van der Waals surface area (Å²) in [6.07, 6.45) is 1.02. The van der Waals surface area contributed by atoms with Crippen LogP contribution < -0.4 is 19.9 Å². The molecule has 0 saturated carbocycles. The van der Waals surface area contributed by atoms with Crippen LogP contribution in [0.25, 0.3) is 11.3 Å². The third kappa shape index (κ3) is 5.22. The number of piperazine rings is 1. The third-order valence-electron chi connectivity index (χ3n) is 6.95. The van der Waals surface area contributed by atoms with Crippen LogP contribution in [0.15, 0.2) is 36.5 Å². The van der Waals surface area contributed by atoms with Gasteiger partial charge in [0.05, 0.1) is 24.1 Å². The molecular formula is C28H33F3N6O. The third-order valence-corrected chi connectivity index (χ3v) is 6.95. The average Bonchev–Trinajstić information content (AvgIpc) is 2.85. The Morgan fingerprint density at radius 2 is 1.68 bits per heavy atom. The molecule has 1 fully saturated rings. The molecule has 1 N–H and O–H groups in total. The lowest BCUT2D eigenvalue weighted by atomic mass is 10.0. The number of hydrogen-bond donors (Lipinski definition) is 1. The van der Waals surface area contributed by atoms with E-state index in [2.05, 4.69) is 20.2 Å². The number of anilines is 4. The molecule has 2 aliphatic rings. The average molecular weight is 527 g/mol. The first-order valence-electron chi connectivity index (χ1n) is 12.8. The van der Waals surface area contributed by atoms with Crippen molar-refractivity contribution in [2.45, 2.75) is 39.3 Å². The molecule has 0 bridgehead atoms. The zero-order valence-electron chi connectivity index (χ0n) is 22.4. The van der Waals surface area contributed by atoms with E-state index in [-0.39, 0.29) is 34.8 Å². The Kier molecular flexibility index (Phi) is 6.85. The maximum Gasteiger partial charge on any atom is 0.227 e. The molecule has 0 amide bonds. The maximum absolute atomic E-state index is 15.3. The van der Waals surface area contributed by atoms with Crippen molar-refractivity contribution in [1.29, 1.82) is 0 Å². The van der Waals surface area contributed by atoms with Gasteiger partial charge in [-0.1, -0.05) is 0 Å². The highest BCUT2D eigenvalue weighted by molar-refractivity contribution is 5.73. The van der Waals surface area contributed by atoms with Crippen molar-refractivity contribution in [3.05, 3.63) is 54.0 Å². The van der Waals surface area contributed by atoms with Gasteiger partial charge in [-0.2, -0.15) is 0 Å². The first-order chi connectivity index (χ1) is 18.0. The Morgan fingerprint density at radius 1 is 0.947 bits per heavy atom. The zero-order valence-corrected chi connectivity index (χ0v) is 22.4. The van der Waals surface area contributed by atoms with Crippen molar-refractivity contribution in [3.8, 4) is 17.0 Å². The van der Waals surface area contributed by atoms with Crippen LogP contribution in [0.4, 0.5) is 36.2 Å². The molecule has 10 heteroatoms. The monoisotopic (exact) mass is 526 g/mol.